The van der Waals surface area contributed by atoms with Crippen LogP contribution >= 0.6 is 23.8 Å². The van der Waals surface area contributed by atoms with Gasteiger partial charge in [-0.2, -0.15) is 0 Å². The van der Waals surface area contributed by atoms with Crippen LogP contribution in [0, 0.1) is 17.0 Å². The van der Waals surface area contributed by atoms with E-state index >= 15 is 0 Å². The number of halogens is 3. The van der Waals surface area contributed by atoms with E-state index in [-0.39, 0.29) is 29.3 Å². The molecule has 33 heavy (non-hydrogen) atoms. The first-order valence-electron chi connectivity index (χ1n) is 10.2. The summed E-state index contributed by atoms with van der Waals surface area (Å²) >= 11 is 11.3. The highest BCUT2D eigenvalue weighted by molar-refractivity contribution is 7.80. The van der Waals surface area contributed by atoms with Crippen LogP contribution in [0.4, 0.5) is 14.5 Å². The van der Waals surface area contributed by atoms with E-state index in [9.17, 15) is 13.9 Å². The highest BCUT2D eigenvalue weighted by atomic mass is 35.5. The Morgan fingerprint density at radius 2 is 2.03 bits per heavy atom. The quantitative estimate of drug-likeness (QED) is 0.309. The van der Waals surface area contributed by atoms with Crippen molar-refractivity contribution in [2.24, 2.45) is 5.41 Å². The number of anilines is 1. The van der Waals surface area contributed by atoms with Crippen LogP contribution in [0.1, 0.15) is 20.8 Å². The van der Waals surface area contributed by atoms with Gasteiger partial charge in [-0.1, -0.05) is 18.5 Å². The number of rotatable bonds is 9. The number of aromatic amines is 1. The third kappa shape index (κ3) is 6.29. The average Bonchev–Trinajstić information content (AvgIpc) is 3.15. The van der Waals surface area contributed by atoms with Gasteiger partial charge in [0.15, 0.2) is 22.5 Å². The molecule has 0 fully saturated rings. The topological polar surface area (TPSA) is 91.4 Å². The van der Waals surface area contributed by atoms with E-state index in [1.54, 1.807) is 0 Å². The van der Waals surface area contributed by atoms with Crippen molar-refractivity contribution in [1.29, 1.82) is 0 Å². The fourth-order valence-corrected chi connectivity index (χ4v) is 3.33. The Labute approximate surface area is 200 Å². The minimum absolute atomic E-state index is 0.0177. The second-order valence-electron chi connectivity index (χ2n) is 8.18. The average molecular weight is 499 g/mol. The van der Waals surface area contributed by atoms with E-state index in [1.165, 1.54) is 18.5 Å². The van der Waals surface area contributed by atoms with Crippen LogP contribution in [0.5, 0.6) is 11.5 Å². The van der Waals surface area contributed by atoms with Gasteiger partial charge in [-0.25, -0.2) is 13.8 Å². The molecule has 1 aromatic carbocycles. The lowest BCUT2D eigenvalue weighted by Gasteiger charge is -2.29. The molecule has 7 nitrogen and oxygen atoms in total. The van der Waals surface area contributed by atoms with Gasteiger partial charge in [0.1, 0.15) is 11.4 Å². The Balaban J connectivity index is 1.68. The number of pyridine rings is 1. The normalized spacial score (nSPS) is 13.2. The number of hydrogen-bond donors (Lipinski definition) is 4. The monoisotopic (exact) mass is 498 g/mol. The maximum absolute atomic E-state index is 14.7. The van der Waals surface area contributed by atoms with Gasteiger partial charge in [-0.3, -0.25) is 0 Å². The molecule has 0 saturated heterocycles. The van der Waals surface area contributed by atoms with Gasteiger partial charge in [0.25, 0.3) is 0 Å². The molecule has 0 amide bonds. The van der Waals surface area contributed by atoms with Gasteiger partial charge < -0.3 is 30.2 Å². The van der Waals surface area contributed by atoms with Gasteiger partial charge in [-0.15, -0.1) is 0 Å². The summed E-state index contributed by atoms with van der Waals surface area (Å²) < 4.78 is 40.5. The number of nitrogens with one attached hydrogen (secondary N) is 3. The highest BCUT2D eigenvalue weighted by Crippen LogP contribution is 2.36. The Kier molecular flexibility index (Phi) is 8.06. The van der Waals surface area contributed by atoms with Gasteiger partial charge in [0.05, 0.1) is 29.7 Å². The second-order valence-corrected chi connectivity index (χ2v) is 8.99. The van der Waals surface area contributed by atoms with Gasteiger partial charge >= 0.3 is 0 Å². The molecular weight excluding hydrogens is 474 g/mol. The van der Waals surface area contributed by atoms with E-state index in [0.717, 1.165) is 12.1 Å². The molecule has 2 aromatic heterocycles. The number of hydrogen-bond acceptors (Lipinski definition) is 5. The Morgan fingerprint density at radius 3 is 2.67 bits per heavy atom. The number of ether oxygens (including phenoxy) is 2. The molecular formula is C22H25ClF2N4O3S. The van der Waals surface area contributed by atoms with Crippen LogP contribution in [0.25, 0.3) is 11.0 Å². The molecule has 3 rings (SSSR count). The van der Waals surface area contributed by atoms with E-state index in [4.69, 9.17) is 33.3 Å². The molecule has 0 spiro atoms. The van der Waals surface area contributed by atoms with Crippen molar-refractivity contribution in [2.45, 2.75) is 26.9 Å². The van der Waals surface area contributed by atoms with Crippen molar-refractivity contribution in [2.75, 3.05) is 25.1 Å². The highest BCUT2D eigenvalue weighted by Gasteiger charge is 2.25. The number of benzene rings is 1. The third-order valence-electron chi connectivity index (χ3n) is 4.78. The molecule has 0 bridgehead atoms. The van der Waals surface area contributed by atoms with Crippen LogP contribution in [0.2, 0.25) is 5.02 Å². The SMILES string of the molecule is CC(C)OC[C@@](C)(CO)CNC(=S)Nc1cc(F)c(Oc2ccnc3[nH]cc(Cl)c23)c(F)c1. The minimum atomic E-state index is -0.928. The van der Waals surface area contributed by atoms with E-state index < -0.39 is 22.8 Å². The van der Waals surface area contributed by atoms with Gasteiger partial charge in [-0.05, 0) is 32.1 Å². The van der Waals surface area contributed by atoms with E-state index in [1.807, 2.05) is 20.8 Å². The standard InChI is InChI=1S/C22H25ClF2N4O3S/c1-12(2)31-11-22(3,10-30)9-28-21(33)29-13-6-15(24)19(16(25)7-13)32-17-4-5-26-20-18(17)14(23)8-27-20/h4-8,12,30H,9-11H2,1-3H3,(H,26,27)(H2,28,29,33)/t22-/m1/s1. The number of thiocarbonyl (C=S) groups is 1. The summed E-state index contributed by atoms with van der Waals surface area (Å²) in [6, 6.07) is 3.60. The molecule has 0 radical (unpaired) electrons. The van der Waals surface area contributed by atoms with Crippen molar-refractivity contribution < 1.29 is 23.4 Å². The Morgan fingerprint density at radius 1 is 1.33 bits per heavy atom. The fourth-order valence-electron chi connectivity index (χ4n) is 2.90. The molecule has 3 aromatic rings. The summed E-state index contributed by atoms with van der Waals surface area (Å²) in [6.07, 6.45) is 2.97. The lowest BCUT2D eigenvalue weighted by Crippen LogP contribution is -2.43. The zero-order valence-electron chi connectivity index (χ0n) is 18.3. The summed E-state index contributed by atoms with van der Waals surface area (Å²) in [5.74, 6) is -2.28. The predicted octanol–water partition coefficient (Wildman–Crippen LogP) is 5.00. The molecule has 0 aliphatic heterocycles. The van der Waals surface area contributed by atoms with E-state index in [2.05, 4.69) is 20.6 Å². The molecule has 0 aliphatic rings. The van der Waals surface area contributed by atoms with Crippen molar-refractivity contribution in [1.82, 2.24) is 15.3 Å². The van der Waals surface area contributed by atoms with Crippen LogP contribution in [0.3, 0.4) is 0 Å². The first kappa shape index (κ1) is 25.1. The third-order valence-corrected chi connectivity index (χ3v) is 5.32. The smallest absolute Gasteiger partial charge is 0.198 e. The number of aliphatic hydroxyl groups is 1. The second kappa shape index (κ2) is 10.6. The van der Waals surface area contributed by atoms with Crippen LogP contribution in [0.15, 0.2) is 30.6 Å². The molecule has 2 heterocycles. The van der Waals surface area contributed by atoms with Crippen LogP contribution in [-0.2, 0) is 4.74 Å². The van der Waals surface area contributed by atoms with Gasteiger partial charge in [0.2, 0.25) is 0 Å². The predicted molar refractivity (Wildman–Crippen MR) is 128 cm³/mol. The van der Waals surface area contributed by atoms with Crippen molar-refractivity contribution in [3.63, 3.8) is 0 Å². The molecule has 0 aliphatic carbocycles. The summed E-state index contributed by atoms with van der Waals surface area (Å²) in [5, 5.41) is 16.2. The minimum Gasteiger partial charge on any atom is -0.450 e. The first-order chi connectivity index (χ1) is 15.6. The lowest BCUT2D eigenvalue weighted by molar-refractivity contribution is -0.00872. The summed E-state index contributed by atoms with van der Waals surface area (Å²) in [4.78, 5) is 6.94. The fraction of sp³-hybridized carbons (Fsp3) is 0.364. The molecule has 0 unspecified atom stereocenters. The number of aliphatic hydroxyl groups excluding tert-OH is 1. The number of nitrogens with zero attached hydrogens (tertiary/aromatic N) is 1. The van der Waals surface area contributed by atoms with Crippen LogP contribution in [-0.4, -0.2) is 46.0 Å². The zero-order valence-corrected chi connectivity index (χ0v) is 19.9. The van der Waals surface area contributed by atoms with Crippen molar-refractivity contribution >= 4 is 45.7 Å². The Hall–Kier alpha value is -2.53. The number of H-pyrrole nitrogens is 1. The maximum Gasteiger partial charge on any atom is 0.198 e. The molecule has 4 N–H and O–H groups in total. The number of aromatic nitrogens is 2. The number of fused-ring (bicyclic) bond motifs is 1. The maximum atomic E-state index is 14.7. The van der Waals surface area contributed by atoms with Crippen molar-refractivity contribution in [3.8, 4) is 11.5 Å². The largest absolute Gasteiger partial charge is 0.450 e. The van der Waals surface area contributed by atoms with E-state index in [0.29, 0.717) is 29.2 Å². The van der Waals surface area contributed by atoms with Gasteiger partial charge in [0, 0.05) is 42.2 Å². The van der Waals surface area contributed by atoms with Crippen LogP contribution < -0.4 is 15.4 Å². The molecule has 0 saturated carbocycles. The first-order valence-corrected chi connectivity index (χ1v) is 11.0. The summed E-state index contributed by atoms with van der Waals surface area (Å²) in [5.41, 5.74) is -0.0558. The molecule has 11 heteroatoms. The Bertz CT molecular complexity index is 1120. The molecule has 1 atom stereocenters. The zero-order chi connectivity index (χ0) is 24.2. The summed E-state index contributed by atoms with van der Waals surface area (Å²) in [7, 11) is 0. The lowest BCUT2D eigenvalue weighted by atomic mass is 9.93. The summed E-state index contributed by atoms with van der Waals surface area (Å²) in [6.45, 7) is 6.13. The molecule has 178 valence electrons. The van der Waals surface area contributed by atoms with Crippen molar-refractivity contribution in [3.05, 3.63) is 47.2 Å².